The van der Waals surface area contributed by atoms with Crippen LogP contribution in [-0.2, 0) is 31.4 Å². The maximum atomic E-state index is 12.7. The lowest BCUT2D eigenvalue weighted by atomic mass is 9.85. The van der Waals surface area contributed by atoms with E-state index in [9.17, 15) is 9.59 Å². The summed E-state index contributed by atoms with van der Waals surface area (Å²) in [5, 5.41) is 6.24. The van der Waals surface area contributed by atoms with E-state index < -0.39 is 0 Å². The number of aromatic nitrogens is 2. The Bertz CT molecular complexity index is 703. The predicted octanol–water partition coefficient (Wildman–Crippen LogP) is 2.24. The van der Waals surface area contributed by atoms with Crippen LogP contribution >= 0.6 is 0 Å². The Labute approximate surface area is 160 Å². The second kappa shape index (κ2) is 7.90. The summed E-state index contributed by atoms with van der Waals surface area (Å²) in [6, 6.07) is 0.380. The molecule has 0 spiro atoms. The molecule has 1 aromatic rings. The summed E-state index contributed by atoms with van der Waals surface area (Å²) >= 11 is 0. The fourth-order valence-corrected chi connectivity index (χ4v) is 4.37. The van der Waals surface area contributed by atoms with E-state index in [2.05, 4.69) is 15.2 Å². The Morgan fingerprint density at radius 3 is 2.59 bits per heavy atom. The number of carbonyl (C=O) groups excluding carboxylic acids is 2. The molecule has 1 aromatic heterocycles. The van der Waals surface area contributed by atoms with Crippen molar-refractivity contribution >= 4 is 11.9 Å². The van der Waals surface area contributed by atoms with Crippen molar-refractivity contribution in [3.8, 4) is 0 Å². The van der Waals surface area contributed by atoms with E-state index in [1.54, 1.807) is 0 Å². The van der Waals surface area contributed by atoms with Crippen LogP contribution in [0.5, 0.6) is 0 Å². The molecular formula is C20H31N5O2. The van der Waals surface area contributed by atoms with E-state index in [-0.39, 0.29) is 17.9 Å². The van der Waals surface area contributed by atoms with Gasteiger partial charge in [-0.25, -0.2) is 9.78 Å². The van der Waals surface area contributed by atoms with Gasteiger partial charge in [-0.2, -0.15) is 0 Å². The Morgan fingerprint density at radius 2 is 1.89 bits per heavy atom. The van der Waals surface area contributed by atoms with Crippen LogP contribution in [0, 0.1) is 5.92 Å². The summed E-state index contributed by atoms with van der Waals surface area (Å²) in [5.41, 5.74) is 2.15. The number of carbonyl (C=O) groups is 2. The van der Waals surface area contributed by atoms with Gasteiger partial charge >= 0.3 is 6.03 Å². The minimum absolute atomic E-state index is 0.0496. The van der Waals surface area contributed by atoms with Crippen molar-refractivity contribution in [3.63, 3.8) is 0 Å². The molecule has 0 bridgehead atoms. The summed E-state index contributed by atoms with van der Waals surface area (Å²) in [6.45, 7) is 1.76. The minimum Gasteiger partial charge on any atom is -0.349 e. The molecule has 3 aliphatic rings. The van der Waals surface area contributed by atoms with Gasteiger partial charge in [0, 0.05) is 32.0 Å². The molecule has 3 amide bonds. The zero-order chi connectivity index (χ0) is 18.8. The number of fused-ring (bicyclic) bond motifs is 1. The van der Waals surface area contributed by atoms with Crippen LogP contribution in [0.1, 0.15) is 68.6 Å². The zero-order valence-corrected chi connectivity index (χ0v) is 16.3. The first-order chi connectivity index (χ1) is 13.1. The maximum Gasteiger partial charge on any atom is 0.317 e. The highest BCUT2D eigenvalue weighted by atomic mass is 16.2. The van der Waals surface area contributed by atoms with Gasteiger partial charge < -0.3 is 20.1 Å². The second-order valence-corrected chi connectivity index (χ2v) is 8.28. The van der Waals surface area contributed by atoms with Gasteiger partial charge in [0.15, 0.2) is 0 Å². The molecule has 4 rings (SSSR count). The molecular weight excluding hydrogens is 342 g/mol. The van der Waals surface area contributed by atoms with Crippen molar-refractivity contribution < 1.29 is 9.59 Å². The van der Waals surface area contributed by atoms with Gasteiger partial charge in [-0.15, -0.1) is 0 Å². The molecule has 7 nitrogen and oxygen atoms in total. The fourth-order valence-electron chi connectivity index (χ4n) is 4.37. The molecule has 0 atom stereocenters. The average molecular weight is 374 g/mol. The van der Waals surface area contributed by atoms with E-state index in [1.807, 2.05) is 11.9 Å². The molecule has 2 fully saturated rings. The second-order valence-electron chi connectivity index (χ2n) is 8.28. The lowest BCUT2D eigenvalue weighted by molar-refractivity contribution is -0.127. The first kappa shape index (κ1) is 18.3. The number of hydrogen-bond acceptors (Lipinski definition) is 3. The number of hydrogen-bond donors (Lipinski definition) is 2. The third-order valence-corrected chi connectivity index (χ3v) is 6.47. The molecule has 2 aliphatic carbocycles. The first-order valence-electron chi connectivity index (χ1n) is 10.5. The van der Waals surface area contributed by atoms with E-state index in [0.29, 0.717) is 25.7 Å². The van der Waals surface area contributed by atoms with Crippen molar-refractivity contribution in [2.45, 2.75) is 76.9 Å². The van der Waals surface area contributed by atoms with Crippen LogP contribution in [-0.4, -0.2) is 39.0 Å². The van der Waals surface area contributed by atoms with Gasteiger partial charge in [-0.3, -0.25) is 4.79 Å². The summed E-state index contributed by atoms with van der Waals surface area (Å²) in [6.07, 6.45) is 9.87. The van der Waals surface area contributed by atoms with Crippen molar-refractivity contribution in [2.24, 2.45) is 13.0 Å². The van der Waals surface area contributed by atoms with Crippen LogP contribution in [0.3, 0.4) is 0 Å². The molecule has 0 radical (unpaired) electrons. The van der Waals surface area contributed by atoms with Crippen molar-refractivity contribution in [1.82, 2.24) is 25.1 Å². The number of urea groups is 1. The summed E-state index contributed by atoms with van der Waals surface area (Å²) in [7, 11) is 1.99. The van der Waals surface area contributed by atoms with Gasteiger partial charge in [0.2, 0.25) is 5.91 Å². The molecule has 1 aliphatic heterocycles. The highest BCUT2D eigenvalue weighted by molar-refractivity contribution is 5.79. The third-order valence-electron chi connectivity index (χ3n) is 6.47. The normalized spacial score (nSPS) is 20.7. The smallest absolute Gasteiger partial charge is 0.317 e. The fraction of sp³-hybridized carbons (Fsp3) is 0.750. The lowest BCUT2D eigenvalue weighted by Gasteiger charge is -2.30. The Hall–Kier alpha value is -2.05. The van der Waals surface area contributed by atoms with E-state index >= 15 is 0 Å². The summed E-state index contributed by atoms with van der Waals surface area (Å²) in [4.78, 5) is 31.3. The molecule has 2 saturated carbocycles. The molecule has 2 heterocycles. The van der Waals surface area contributed by atoms with E-state index in [0.717, 1.165) is 55.7 Å². The molecule has 2 N–H and O–H groups in total. The lowest BCUT2D eigenvalue weighted by Crippen LogP contribution is -2.47. The van der Waals surface area contributed by atoms with Crippen LogP contribution < -0.4 is 10.6 Å². The number of imidazole rings is 1. The SMILES string of the molecule is Cn1c(CNC(=O)C2CCC2)nc2c1CN(C(=O)NC1CCCCC1)CC2. The number of nitrogens with zero attached hydrogens (tertiary/aromatic N) is 3. The van der Waals surface area contributed by atoms with Gasteiger partial charge in [0.25, 0.3) is 0 Å². The highest BCUT2D eigenvalue weighted by Crippen LogP contribution is 2.26. The van der Waals surface area contributed by atoms with Crippen LogP contribution in [0.25, 0.3) is 0 Å². The Kier molecular flexibility index (Phi) is 5.36. The molecule has 0 saturated heterocycles. The quantitative estimate of drug-likeness (QED) is 0.849. The largest absolute Gasteiger partial charge is 0.349 e. The number of rotatable bonds is 4. The zero-order valence-electron chi connectivity index (χ0n) is 16.3. The average Bonchev–Trinajstić information content (AvgIpc) is 2.95. The molecule has 7 heteroatoms. The number of amides is 3. The van der Waals surface area contributed by atoms with E-state index in [4.69, 9.17) is 4.98 Å². The van der Waals surface area contributed by atoms with E-state index in [1.165, 1.54) is 19.3 Å². The maximum absolute atomic E-state index is 12.7. The van der Waals surface area contributed by atoms with Crippen molar-refractivity contribution in [1.29, 1.82) is 0 Å². The monoisotopic (exact) mass is 373 g/mol. The van der Waals surface area contributed by atoms with Crippen molar-refractivity contribution in [3.05, 3.63) is 17.2 Å². The van der Waals surface area contributed by atoms with Crippen molar-refractivity contribution in [2.75, 3.05) is 6.54 Å². The summed E-state index contributed by atoms with van der Waals surface area (Å²) in [5.74, 6) is 1.22. The van der Waals surface area contributed by atoms with Crippen LogP contribution in [0.4, 0.5) is 4.79 Å². The summed E-state index contributed by atoms with van der Waals surface area (Å²) < 4.78 is 2.05. The van der Waals surface area contributed by atoms with Gasteiger partial charge in [0.05, 0.1) is 24.5 Å². The Balaban J connectivity index is 1.35. The predicted molar refractivity (Wildman–Crippen MR) is 102 cm³/mol. The number of nitrogens with one attached hydrogen (secondary N) is 2. The van der Waals surface area contributed by atoms with Gasteiger partial charge in [0.1, 0.15) is 5.82 Å². The third kappa shape index (κ3) is 3.96. The topological polar surface area (TPSA) is 79.3 Å². The first-order valence-corrected chi connectivity index (χ1v) is 10.5. The van der Waals surface area contributed by atoms with Gasteiger partial charge in [-0.05, 0) is 25.7 Å². The Morgan fingerprint density at radius 1 is 1.11 bits per heavy atom. The highest BCUT2D eigenvalue weighted by Gasteiger charge is 2.28. The standard InChI is InChI=1S/C20H31N5O2/c1-24-17-13-25(20(27)22-15-8-3-2-4-9-15)11-10-16(17)23-18(24)12-21-19(26)14-6-5-7-14/h14-15H,2-13H2,1H3,(H,21,26)(H,22,27). The molecule has 27 heavy (non-hydrogen) atoms. The van der Waals surface area contributed by atoms with Crippen LogP contribution in [0.15, 0.2) is 0 Å². The molecule has 0 aromatic carbocycles. The van der Waals surface area contributed by atoms with Gasteiger partial charge in [-0.1, -0.05) is 25.7 Å². The molecule has 148 valence electrons. The van der Waals surface area contributed by atoms with Crippen LogP contribution in [0.2, 0.25) is 0 Å². The molecule has 0 unspecified atom stereocenters. The minimum atomic E-state index is 0.0496.